The number of nitrogens with zero attached hydrogens (tertiary/aromatic N) is 1. The minimum Gasteiger partial charge on any atom is -0.382 e. The molecule has 0 amide bonds. The van der Waals surface area contributed by atoms with Gasteiger partial charge in [0.15, 0.2) is 0 Å². The average molecular weight is 367 g/mol. The van der Waals surface area contributed by atoms with Crippen molar-refractivity contribution in [2.75, 3.05) is 106 Å². The molecule has 0 N–H and O–H groups in total. The Hall–Kier alpha value is -0.360. The quantitative estimate of drug-likeness (QED) is 0.600. The first-order valence-electron chi connectivity index (χ1n) is 8.76. The fraction of sp³-hybridized carbons (Fsp3) is 1.00. The van der Waals surface area contributed by atoms with Gasteiger partial charge in [0, 0.05) is 7.11 Å². The third-order valence-electron chi connectivity index (χ3n) is 3.14. The molecule has 25 heavy (non-hydrogen) atoms. The Bertz CT molecular complexity index is 255. The Kier molecular flexibility index (Phi) is 16.7. The molecule has 0 aromatic carbocycles. The smallest absolute Gasteiger partial charge is 0.122 e. The molecule has 1 aliphatic heterocycles. The largest absolute Gasteiger partial charge is 0.382 e. The van der Waals surface area contributed by atoms with Crippen LogP contribution in [0.15, 0.2) is 0 Å². The molecule has 0 aromatic rings. The average Bonchev–Trinajstić information content (AvgIpc) is 2.62. The maximum absolute atomic E-state index is 5.66. The van der Waals surface area contributed by atoms with Gasteiger partial charge in [-0.25, -0.2) is 0 Å². The number of ether oxygens (including phenoxy) is 7. The lowest BCUT2D eigenvalue weighted by atomic mass is 10.6. The summed E-state index contributed by atoms with van der Waals surface area (Å²) in [5, 5.41) is 1.72. The van der Waals surface area contributed by atoms with Crippen LogP contribution in [-0.2, 0) is 38.0 Å². The molecule has 1 aliphatic rings. The van der Waals surface area contributed by atoms with E-state index in [2.05, 4.69) is 0 Å². The van der Waals surface area contributed by atoms with Crippen LogP contribution in [-0.4, -0.2) is 111 Å². The van der Waals surface area contributed by atoms with Crippen molar-refractivity contribution in [2.45, 2.75) is 0 Å². The monoisotopic (exact) mass is 367 g/mol. The van der Waals surface area contributed by atoms with Crippen molar-refractivity contribution in [2.24, 2.45) is 0 Å². The minimum absolute atomic E-state index is 0.344. The highest BCUT2D eigenvalue weighted by atomic mass is 16.7. The van der Waals surface area contributed by atoms with Crippen LogP contribution in [0.1, 0.15) is 0 Å². The lowest BCUT2D eigenvalue weighted by Crippen LogP contribution is -2.32. The van der Waals surface area contributed by atoms with Crippen molar-refractivity contribution in [3.63, 3.8) is 0 Å². The van der Waals surface area contributed by atoms with Crippen molar-refractivity contribution >= 4 is 0 Å². The van der Waals surface area contributed by atoms with E-state index in [4.69, 9.17) is 38.0 Å². The predicted octanol–water partition coefficient (Wildman–Crippen LogP) is -0.0629. The summed E-state index contributed by atoms with van der Waals surface area (Å²) in [5.74, 6) is 0. The van der Waals surface area contributed by atoms with E-state index in [0.29, 0.717) is 99.2 Å². The summed E-state index contributed by atoms with van der Waals surface area (Å²) in [4.78, 5) is 5.66. The first-order chi connectivity index (χ1) is 12.4. The Balaban J connectivity index is 2.20. The zero-order valence-electron chi connectivity index (χ0n) is 15.3. The third kappa shape index (κ3) is 15.6. The second-order valence-electron chi connectivity index (χ2n) is 5.13. The Morgan fingerprint density at radius 2 is 1.16 bits per heavy atom. The van der Waals surface area contributed by atoms with Crippen LogP contribution in [0, 0.1) is 0 Å². The SMILES string of the molecule is COCCOCCN1COCCOCCOCCOCCOCCO1. The molecule has 1 saturated heterocycles. The number of methoxy groups -OCH3 is 1. The van der Waals surface area contributed by atoms with Gasteiger partial charge in [-0.2, -0.15) is 5.06 Å². The highest BCUT2D eigenvalue weighted by Crippen LogP contribution is 1.94. The van der Waals surface area contributed by atoms with Crippen molar-refractivity contribution in [1.82, 2.24) is 5.06 Å². The summed E-state index contributed by atoms with van der Waals surface area (Å²) < 4.78 is 37.6. The van der Waals surface area contributed by atoms with Crippen LogP contribution in [0.5, 0.6) is 0 Å². The van der Waals surface area contributed by atoms with Gasteiger partial charge in [0.25, 0.3) is 0 Å². The first-order valence-corrected chi connectivity index (χ1v) is 8.76. The van der Waals surface area contributed by atoms with Gasteiger partial charge < -0.3 is 33.2 Å². The van der Waals surface area contributed by atoms with Crippen LogP contribution in [0.25, 0.3) is 0 Å². The number of rotatable bonds is 6. The molecule has 1 rings (SSSR count). The second kappa shape index (κ2) is 18.4. The molecule has 1 fully saturated rings. The van der Waals surface area contributed by atoms with Gasteiger partial charge in [0.05, 0.1) is 92.4 Å². The molecule has 1 heterocycles. The molecule has 0 aliphatic carbocycles. The lowest BCUT2D eigenvalue weighted by Gasteiger charge is -2.21. The van der Waals surface area contributed by atoms with Gasteiger partial charge in [-0.3, -0.25) is 4.84 Å². The van der Waals surface area contributed by atoms with Gasteiger partial charge in [-0.05, 0) is 0 Å². The number of hydrogen-bond donors (Lipinski definition) is 0. The van der Waals surface area contributed by atoms with Gasteiger partial charge >= 0.3 is 0 Å². The molecule has 0 bridgehead atoms. The van der Waals surface area contributed by atoms with E-state index in [1.54, 1.807) is 12.2 Å². The van der Waals surface area contributed by atoms with Crippen molar-refractivity contribution < 1.29 is 38.0 Å². The molecule has 0 aromatic heterocycles. The van der Waals surface area contributed by atoms with Crippen molar-refractivity contribution in [3.05, 3.63) is 0 Å². The maximum Gasteiger partial charge on any atom is 0.122 e. The lowest BCUT2D eigenvalue weighted by molar-refractivity contribution is -0.222. The summed E-state index contributed by atoms with van der Waals surface area (Å²) >= 11 is 0. The third-order valence-corrected chi connectivity index (χ3v) is 3.14. The zero-order chi connectivity index (χ0) is 17.8. The van der Waals surface area contributed by atoms with Crippen LogP contribution in [0.2, 0.25) is 0 Å². The van der Waals surface area contributed by atoms with Crippen LogP contribution in [0.4, 0.5) is 0 Å². The summed E-state index contributed by atoms with van der Waals surface area (Å²) in [6.45, 7) is 7.84. The summed E-state index contributed by atoms with van der Waals surface area (Å²) in [6.07, 6.45) is 0. The molecule has 0 spiro atoms. The fourth-order valence-corrected chi connectivity index (χ4v) is 1.85. The molecule has 9 heteroatoms. The van der Waals surface area contributed by atoms with E-state index in [1.165, 1.54) is 0 Å². The van der Waals surface area contributed by atoms with Gasteiger partial charge in [-0.15, -0.1) is 0 Å². The van der Waals surface area contributed by atoms with Crippen molar-refractivity contribution in [3.8, 4) is 0 Å². The van der Waals surface area contributed by atoms with Crippen molar-refractivity contribution in [1.29, 1.82) is 0 Å². The first kappa shape index (κ1) is 22.7. The highest BCUT2D eigenvalue weighted by Gasteiger charge is 2.06. The molecule has 0 atom stereocenters. The van der Waals surface area contributed by atoms with E-state index >= 15 is 0 Å². The Morgan fingerprint density at radius 1 is 0.640 bits per heavy atom. The van der Waals surface area contributed by atoms with Crippen LogP contribution < -0.4 is 0 Å². The summed E-state index contributed by atoms with van der Waals surface area (Å²) in [5.41, 5.74) is 0. The van der Waals surface area contributed by atoms with Crippen LogP contribution >= 0.6 is 0 Å². The molecular formula is C16H33NO8. The highest BCUT2D eigenvalue weighted by molar-refractivity contribution is 4.42. The minimum atomic E-state index is 0.344. The summed E-state index contributed by atoms with van der Waals surface area (Å²) in [7, 11) is 1.65. The second-order valence-corrected chi connectivity index (χ2v) is 5.13. The number of hydrogen-bond acceptors (Lipinski definition) is 9. The van der Waals surface area contributed by atoms with E-state index in [0.717, 1.165) is 0 Å². The van der Waals surface area contributed by atoms with Crippen LogP contribution in [0.3, 0.4) is 0 Å². The molecule has 150 valence electrons. The van der Waals surface area contributed by atoms with E-state index < -0.39 is 0 Å². The molecule has 9 nitrogen and oxygen atoms in total. The zero-order valence-corrected chi connectivity index (χ0v) is 15.3. The van der Waals surface area contributed by atoms with E-state index in [-0.39, 0.29) is 0 Å². The van der Waals surface area contributed by atoms with E-state index in [1.807, 2.05) is 0 Å². The molecule has 0 saturated carbocycles. The standard InChI is InChI=1S/C16H33NO8/c1-18-4-5-19-3-2-17-16-24-13-12-22-9-8-20-6-7-21-10-11-23-14-15-25-17/h2-16H2,1H3. The maximum atomic E-state index is 5.66. The topological polar surface area (TPSA) is 77.1 Å². The predicted molar refractivity (Wildman–Crippen MR) is 89.4 cm³/mol. The molecular weight excluding hydrogens is 334 g/mol. The van der Waals surface area contributed by atoms with Gasteiger partial charge in [0.2, 0.25) is 0 Å². The Morgan fingerprint density at radius 3 is 1.72 bits per heavy atom. The normalized spacial score (nSPS) is 21.5. The molecule has 0 radical (unpaired) electrons. The van der Waals surface area contributed by atoms with Gasteiger partial charge in [0.1, 0.15) is 6.73 Å². The number of hydroxylamine groups is 2. The molecule has 0 unspecified atom stereocenters. The Labute approximate surface area is 150 Å². The van der Waals surface area contributed by atoms with E-state index in [9.17, 15) is 0 Å². The van der Waals surface area contributed by atoms with Gasteiger partial charge in [-0.1, -0.05) is 0 Å². The fourth-order valence-electron chi connectivity index (χ4n) is 1.85. The summed E-state index contributed by atoms with van der Waals surface area (Å²) in [6, 6.07) is 0.